The molecule has 0 bridgehead atoms. The Kier molecular flexibility index (Phi) is 3.25. The van der Waals surface area contributed by atoms with Gasteiger partial charge in [-0.3, -0.25) is 0 Å². The van der Waals surface area contributed by atoms with E-state index in [2.05, 4.69) is 15.3 Å². The third-order valence-electron chi connectivity index (χ3n) is 3.21. The van der Waals surface area contributed by atoms with Crippen LogP contribution in [0.25, 0.3) is 0 Å². The van der Waals surface area contributed by atoms with Crippen LogP contribution < -0.4 is 5.32 Å². The number of hydrogen-bond donors (Lipinski definition) is 2. The molecule has 0 saturated heterocycles. The highest BCUT2D eigenvalue weighted by molar-refractivity contribution is 5.88. The molecule has 7 heteroatoms. The number of carboxylic acid groups (broad SMARTS) is 1. The Labute approximate surface area is 118 Å². The summed E-state index contributed by atoms with van der Waals surface area (Å²) in [4.78, 5) is 18.9. The van der Waals surface area contributed by atoms with Gasteiger partial charge in [0.05, 0.1) is 11.3 Å². The van der Waals surface area contributed by atoms with E-state index in [0.717, 1.165) is 24.6 Å². The van der Waals surface area contributed by atoms with Crippen molar-refractivity contribution < 1.29 is 18.7 Å². The summed E-state index contributed by atoms with van der Waals surface area (Å²) in [6, 6.07) is 3.20. The van der Waals surface area contributed by atoms with Crippen molar-refractivity contribution in [1.29, 1.82) is 0 Å². The normalized spacial score (nSPS) is 14.0. The van der Waals surface area contributed by atoms with Crippen molar-refractivity contribution in [3.8, 4) is 0 Å². The predicted octanol–water partition coefficient (Wildman–Crippen LogP) is 3.07. The topological polar surface area (TPSA) is 75.1 Å². The third-order valence-corrected chi connectivity index (χ3v) is 3.21. The number of carbonyl (C=O) groups is 1. The van der Waals surface area contributed by atoms with Crippen LogP contribution in [-0.2, 0) is 0 Å². The van der Waals surface area contributed by atoms with E-state index >= 15 is 0 Å². The minimum Gasteiger partial charge on any atom is -0.478 e. The summed E-state index contributed by atoms with van der Waals surface area (Å²) in [5.74, 6) is -2.87. The number of halogens is 2. The van der Waals surface area contributed by atoms with Gasteiger partial charge < -0.3 is 10.4 Å². The number of aromatic carboxylic acids is 1. The number of rotatable bonds is 4. The molecule has 2 N–H and O–H groups in total. The second-order valence-electron chi connectivity index (χ2n) is 4.82. The maximum absolute atomic E-state index is 13.8. The zero-order valence-corrected chi connectivity index (χ0v) is 10.8. The smallest absolute Gasteiger partial charge is 0.338 e. The molecule has 108 valence electrons. The molecule has 0 spiro atoms. The summed E-state index contributed by atoms with van der Waals surface area (Å²) in [7, 11) is 0. The minimum absolute atomic E-state index is 0.153. The summed E-state index contributed by atoms with van der Waals surface area (Å²) in [6.45, 7) is 0. The summed E-state index contributed by atoms with van der Waals surface area (Å²) in [5, 5.41) is 11.3. The van der Waals surface area contributed by atoms with E-state index in [1.807, 2.05) is 0 Å². The lowest BCUT2D eigenvalue weighted by Gasteiger charge is -2.08. The second kappa shape index (κ2) is 5.08. The molecule has 1 saturated carbocycles. The highest BCUT2D eigenvalue weighted by atomic mass is 19.1. The summed E-state index contributed by atoms with van der Waals surface area (Å²) in [5.41, 5.74) is -0.0633. The SMILES string of the molecule is O=C(O)c1cc(F)c(Nc2nccc(C3CC3)n2)cc1F. The number of aromatic nitrogens is 2. The van der Waals surface area contributed by atoms with Gasteiger partial charge in [0, 0.05) is 23.9 Å². The second-order valence-corrected chi connectivity index (χ2v) is 4.82. The van der Waals surface area contributed by atoms with Gasteiger partial charge in [-0.05, 0) is 25.0 Å². The first kappa shape index (κ1) is 13.4. The van der Waals surface area contributed by atoms with Crippen LogP contribution in [0.4, 0.5) is 20.4 Å². The van der Waals surface area contributed by atoms with Crippen LogP contribution >= 0.6 is 0 Å². The maximum Gasteiger partial charge on any atom is 0.338 e. The molecular weight excluding hydrogens is 280 g/mol. The molecule has 1 aromatic carbocycles. The van der Waals surface area contributed by atoms with Gasteiger partial charge in [-0.1, -0.05) is 0 Å². The molecule has 0 radical (unpaired) electrons. The zero-order valence-electron chi connectivity index (χ0n) is 10.8. The number of hydrogen-bond acceptors (Lipinski definition) is 4. The lowest BCUT2D eigenvalue weighted by molar-refractivity contribution is 0.0691. The fourth-order valence-electron chi connectivity index (χ4n) is 1.97. The highest BCUT2D eigenvalue weighted by Crippen LogP contribution is 2.39. The standard InChI is InChI=1S/C14H11F2N3O2/c15-9-6-12(10(16)5-8(9)13(20)21)19-14-17-4-3-11(18-14)7-1-2-7/h3-7H,1-2H2,(H,20,21)(H,17,18,19). The molecule has 0 atom stereocenters. The molecule has 0 unspecified atom stereocenters. The molecule has 1 aliphatic carbocycles. The molecule has 3 rings (SSSR count). The van der Waals surface area contributed by atoms with Gasteiger partial charge in [0.15, 0.2) is 0 Å². The van der Waals surface area contributed by atoms with E-state index in [4.69, 9.17) is 5.11 Å². The predicted molar refractivity (Wildman–Crippen MR) is 70.6 cm³/mol. The fraction of sp³-hybridized carbons (Fsp3) is 0.214. The number of nitrogens with zero attached hydrogens (tertiary/aromatic N) is 2. The van der Waals surface area contributed by atoms with Crippen LogP contribution in [0.5, 0.6) is 0 Å². The minimum atomic E-state index is -1.52. The van der Waals surface area contributed by atoms with E-state index < -0.39 is 23.2 Å². The molecule has 1 aromatic heterocycles. The molecule has 1 fully saturated rings. The van der Waals surface area contributed by atoms with Crippen LogP contribution in [0, 0.1) is 11.6 Å². The van der Waals surface area contributed by atoms with E-state index in [1.165, 1.54) is 0 Å². The van der Waals surface area contributed by atoms with Gasteiger partial charge in [0.2, 0.25) is 5.95 Å². The lowest BCUT2D eigenvalue weighted by Crippen LogP contribution is -2.05. The van der Waals surface area contributed by atoms with E-state index in [1.54, 1.807) is 12.3 Å². The third kappa shape index (κ3) is 2.81. The Morgan fingerprint density at radius 3 is 2.71 bits per heavy atom. The lowest BCUT2D eigenvalue weighted by atomic mass is 10.2. The monoisotopic (exact) mass is 291 g/mol. The van der Waals surface area contributed by atoms with Crippen LogP contribution in [0.1, 0.15) is 34.8 Å². The van der Waals surface area contributed by atoms with Gasteiger partial charge in [0.25, 0.3) is 0 Å². The van der Waals surface area contributed by atoms with Crippen molar-refractivity contribution in [3.05, 3.63) is 47.3 Å². The molecule has 2 aromatic rings. The molecular formula is C14H11F2N3O2. The molecule has 5 nitrogen and oxygen atoms in total. The van der Waals surface area contributed by atoms with Crippen molar-refractivity contribution in [2.75, 3.05) is 5.32 Å². The first-order chi connectivity index (χ1) is 10.0. The van der Waals surface area contributed by atoms with Gasteiger partial charge in [-0.2, -0.15) is 0 Å². The quantitative estimate of drug-likeness (QED) is 0.905. The zero-order chi connectivity index (χ0) is 15.0. The van der Waals surface area contributed by atoms with Crippen molar-refractivity contribution in [2.24, 2.45) is 0 Å². The number of nitrogens with one attached hydrogen (secondary N) is 1. The van der Waals surface area contributed by atoms with Crippen LogP contribution in [0.2, 0.25) is 0 Å². The van der Waals surface area contributed by atoms with Gasteiger partial charge in [0.1, 0.15) is 11.6 Å². The van der Waals surface area contributed by atoms with E-state index in [-0.39, 0.29) is 11.6 Å². The van der Waals surface area contributed by atoms with Crippen LogP contribution in [0.3, 0.4) is 0 Å². The van der Waals surface area contributed by atoms with Gasteiger partial charge in [-0.15, -0.1) is 0 Å². The molecule has 0 amide bonds. The Morgan fingerprint density at radius 1 is 1.29 bits per heavy atom. The first-order valence-electron chi connectivity index (χ1n) is 6.37. The summed E-state index contributed by atoms with van der Waals surface area (Å²) < 4.78 is 27.4. The molecule has 1 heterocycles. The van der Waals surface area contributed by atoms with Crippen molar-refractivity contribution in [1.82, 2.24) is 9.97 Å². The Bertz CT molecular complexity index is 717. The van der Waals surface area contributed by atoms with Crippen molar-refractivity contribution >= 4 is 17.6 Å². The fourth-order valence-corrected chi connectivity index (χ4v) is 1.97. The average Bonchev–Trinajstić information content (AvgIpc) is 3.27. The van der Waals surface area contributed by atoms with Crippen molar-refractivity contribution in [3.63, 3.8) is 0 Å². The summed E-state index contributed by atoms with van der Waals surface area (Å²) in [6.07, 6.45) is 3.67. The molecule has 0 aliphatic heterocycles. The van der Waals surface area contributed by atoms with Crippen molar-refractivity contribution in [2.45, 2.75) is 18.8 Å². The summed E-state index contributed by atoms with van der Waals surface area (Å²) >= 11 is 0. The average molecular weight is 291 g/mol. The number of carboxylic acids is 1. The largest absolute Gasteiger partial charge is 0.478 e. The number of anilines is 2. The Balaban J connectivity index is 1.89. The number of benzene rings is 1. The van der Waals surface area contributed by atoms with E-state index in [0.29, 0.717) is 12.0 Å². The van der Waals surface area contributed by atoms with E-state index in [9.17, 15) is 13.6 Å². The molecule has 1 aliphatic rings. The van der Waals surface area contributed by atoms with Crippen LogP contribution in [0.15, 0.2) is 24.4 Å². The first-order valence-corrected chi connectivity index (χ1v) is 6.37. The van der Waals surface area contributed by atoms with Gasteiger partial charge >= 0.3 is 5.97 Å². The maximum atomic E-state index is 13.8. The Morgan fingerprint density at radius 2 is 2.05 bits per heavy atom. The van der Waals surface area contributed by atoms with Crippen LogP contribution in [-0.4, -0.2) is 21.0 Å². The Hall–Kier alpha value is -2.57. The highest BCUT2D eigenvalue weighted by Gasteiger charge is 2.25. The van der Waals surface area contributed by atoms with Gasteiger partial charge in [-0.25, -0.2) is 23.5 Å². The molecule has 21 heavy (non-hydrogen) atoms.